The number of fused-ring (bicyclic) bond motifs is 2. The molecule has 5 heteroatoms. The van der Waals surface area contributed by atoms with Gasteiger partial charge in [0.15, 0.2) is 6.10 Å². The minimum absolute atomic E-state index is 0.365. The summed E-state index contributed by atoms with van der Waals surface area (Å²) in [4.78, 5) is 13.8. The van der Waals surface area contributed by atoms with Crippen LogP contribution in [-0.2, 0) is 11.2 Å². The Morgan fingerprint density at radius 2 is 2.05 bits per heavy atom. The highest BCUT2D eigenvalue weighted by atomic mass is 79.9. The maximum absolute atomic E-state index is 11.6. The van der Waals surface area contributed by atoms with Crippen molar-refractivity contribution < 1.29 is 9.90 Å². The normalized spacial score (nSPS) is 19.4. The summed E-state index contributed by atoms with van der Waals surface area (Å²) in [7, 11) is 0. The van der Waals surface area contributed by atoms with Crippen LogP contribution in [0.1, 0.15) is 17.2 Å². The molecule has 0 fully saturated rings. The molecule has 0 aromatic heterocycles. The molecule has 21 heavy (non-hydrogen) atoms. The molecule has 1 unspecified atom stereocenters. The molecule has 2 N–H and O–H groups in total. The van der Waals surface area contributed by atoms with Crippen molar-refractivity contribution in [3.8, 4) is 0 Å². The number of hydrogen-bond acceptors (Lipinski definition) is 3. The summed E-state index contributed by atoms with van der Waals surface area (Å²) in [5.74, 6) is -0.365. The van der Waals surface area contributed by atoms with Crippen molar-refractivity contribution in [2.24, 2.45) is 0 Å². The maximum atomic E-state index is 11.6. The van der Waals surface area contributed by atoms with Crippen molar-refractivity contribution in [2.45, 2.75) is 12.5 Å². The third kappa shape index (κ3) is 1.88. The number of aliphatic hydroxyl groups excluding tert-OH is 1. The number of carbonyl (C=O) groups excluding carboxylic acids is 1. The van der Waals surface area contributed by atoms with Gasteiger partial charge in [-0.1, -0.05) is 18.2 Å². The number of amides is 1. The van der Waals surface area contributed by atoms with Crippen LogP contribution in [0.5, 0.6) is 0 Å². The summed E-state index contributed by atoms with van der Waals surface area (Å²) in [5.41, 5.74) is 4.85. The lowest BCUT2D eigenvalue weighted by Crippen LogP contribution is -2.14. The van der Waals surface area contributed by atoms with Crippen molar-refractivity contribution in [3.05, 3.63) is 52.0 Å². The fourth-order valence-corrected chi connectivity index (χ4v) is 3.62. The van der Waals surface area contributed by atoms with Gasteiger partial charge in [0.2, 0.25) is 0 Å². The molecule has 2 aromatic carbocycles. The van der Waals surface area contributed by atoms with E-state index in [4.69, 9.17) is 0 Å². The number of halogens is 1. The summed E-state index contributed by atoms with van der Waals surface area (Å²) in [6.07, 6.45) is -0.0643. The molecule has 1 amide bonds. The van der Waals surface area contributed by atoms with Gasteiger partial charge >= 0.3 is 0 Å². The number of benzene rings is 2. The quantitative estimate of drug-likeness (QED) is 0.835. The van der Waals surface area contributed by atoms with E-state index in [1.165, 1.54) is 11.3 Å². The van der Waals surface area contributed by atoms with E-state index in [1.54, 1.807) is 0 Å². The SMILES string of the molecule is O=C1Nc2cc(N3CCc4ccccc43)c(Br)cc2C1O. The number of para-hydroxylation sites is 1. The zero-order valence-electron chi connectivity index (χ0n) is 11.1. The molecule has 1 atom stereocenters. The van der Waals surface area contributed by atoms with Crippen molar-refractivity contribution in [1.29, 1.82) is 0 Å². The average Bonchev–Trinajstić information content (AvgIpc) is 3.02. The van der Waals surface area contributed by atoms with Crippen LogP contribution in [0.3, 0.4) is 0 Å². The monoisotopic (exact) mass is 344 g/mol. The first-order valence-corrected chi connectivity index (χ1v) is 7.62. The maximum Gasteiger partial charge on any atom is 0.257 e. The molecule has 0 radical (unpaired) electrons. The molecule has 2 aliphatic heterocycles. The molecule has 2 heterocycles. The molecule has 4 rings (SSSR count). The highest BCUT2D eigenvalue weighted by molar-refractivity contribution is 9.10. The van der Waals surface area contributed by atoms with E-state index in [0.717, 1.165) is 23.1 Å². The Bertz CT molecular complexity index is 760. The predicted octanol–water partition coefficient (Wildman–Crippen LogP) is 3.13. The largest absolute Gasteiger partial charge is 0.378 e. The van der Waals surface area contributed by atoms with Crippen LogP contribution in [0, 0.1) is 0 Å². The second-order valence-corrected chi connectivity index (χ2v) is 6.17. The molecule has 0 bridgehead atoms. The molecular weight excluding hydrogens is 332 g/mol. The van der Waals surface area contributed by atoms with Gasteiger partial charge in [-0.25, -0.2) is 0 Å². The van der Waals surface area contributed by atoms with Crippen LogP contribution in [0.25, 0.3) is 0 Å². The first kappa shape index (κ1) is 12.9. The molecule has 4 nitrogen and oxygen atoms in total. The van der Waals surface area contributed by atoms with Gasteiger partial charge < -0.3 is 15.3 Å². The van der Waals surface area contributed by atoms with E-state index in [2.05, 4.69) is 44.3 Å². The summed E-state index contributed by atoms with van der Waals surface area (Å²) in [6, 6.07) is 12.1. The van der Waals surface area contributed by atoms with E-state index in [-0.39, 0.29) is 5.91 Å². The molecule has 0 saturated heterocycles. The van der Waals surface area contributed by atoms with Gasteiger partial charge in [0.25, 0.3) is 5.91 Å². The predicted molar refractivity (Wildman–Crippen MR) is 84.9 cm³/mol. The van der Waals surface area contributed by atoms with Crippen molar-refractivity contribution in [1.82, 2.24) is 0 Å². The Balaban J connectivity index is 1.82. The zero-order chi connectivity index (χ0) is 14.6. The molecule has 0 saturated carbocycles. The van der Waals surface area contributed by atoms with Gasteiger partial charge in [0.1, 0.15) is 0 Å². The lowest BCUT2D eigenvalue weighted by atomic mass is 10.1. The lowest BCUT2D eigenvalue weighted by molar-refractivity contribution is -0.123. The van der Waals surface area contributed by atoms with Gasteiger partial charge in [-0.05, 0) is 46.1 Å². The van der Waals surface area contributed by atoms with Gasteiger partial charge in [-0.15, -0.1) is 0 Å². The van der Waals surface area contributed by atoms with E-state index in [1.807, 2.05) is 18.2 Å². The van der Waals surface area contributed by atoms with E-state index in [9.17, 15) is 9.90 Å². The summed E-state index contributed by atoms with van der Waals surface area (Å²) in [5, 5.41) is 12.6. The summed E-state index contributed by atoms with van der Waals surface area (Å²) in [6.45, 7) is 0.910. The Hall–Kier alpha value is -1.85. The van der Waals surface area contributed by atoms with Crippen LogP contribution < -0.4 is 10.2 Å². The van der Waals surface area contributed by atoms with Gasteiger partial charge in [-0.3, -0.25) is 4.79 Å². The smallest absolute Gasteiger partial charge is 0.257 e. The fourth-order valence-electron chi connectivity index (χ4n) is 3.05. The number of nitrogens with one attached hydrogen (secondary N) is 1. The number of carbonyl (C=O) groups is 1. The van der Waals surface area contributed by atoms with Crippen LogP contribution in [0.15, 0.2) is 40.9 Å². The van der Waals surface area contributed by atoms with Crippen LogP contribution in [0.4, 0.5) is 17.1 Å². The molecular formula is C16H13BrN2O2. The average molecular weight is 345 g/mol. The number of anilines is 3. The molecule has 0 spiro atoms. The topological polar surface area (TPSA) is 52.6 Å². The highest BCUT2D eigenvalue weighted by Gasteiger charge is 2.31. The van der Waals surface area contributed by atoms with E-state index >= 15 is 0 Å². The third-order valence-corrected chi connectivity index (χ3v) is 4.73. The number of rotatable bonds is 1. The molecule has 2 aliphatic rings. The standard InChI is InChI=1S/C16H13BrN2O2/c17-11-7-10-12(18-16(21)15(10)20)8-14(11)19-6-5-9-3-1-2-4-13(9)19/h1-4,7-8,15,20H,5-6H2,(H,18,21). The Morgan fingerprint density at radius 3 is 2.90 bits per heavy atom. The molecule has 0 aliphatic carbocycles. The lowest BCUT2D eigenvalue weighted by Gasteiger charge is -2.22. The molecule has 2 aromatic rings. The van der Waals surface area contributed by atoms with Gasteiger partial charge in [0.05, 0.1) is 5.69 Å². The van der Waals surface area contributed by atoms with E-state index in [0.29, 0.717) is 11.3 Å². The highest BCUT2D eigenvalue weighted by Crippen LogP contribution is 2.43. The Morgan fingerprint density at radius 1 is 1.24 bits per heavy atom. The fraction of sp³-hybridized carbons (Fsp3) is 0.188. The first-order valence-electron chi connectivity index (χ1n) is 6.83. The summed E-state index contributed by atoms with van der Waals surface area (Å²) < 4.78 is 0.883. The zero-order valence-corrected chi connectivity index (χ0v) is 12.7. The molecule has 106 valence electrons. The van der Waals surface area contributed by atoms with Crippen LogP contribution >= 0.6 is 15.9 Å². The Kier molecular flexibility index (Phi) is 2.80. The van der Waals surface area contributed by atoms with Crippen LogP contribution in [0.2, 0.25) is 0 Å². The number of nitrogens with zero attached hydrogens (tertiary/aromatic N) is 1. The van der Waals surface area contributed by atoms with Crippen LogP contribution in [-0.4, -0.2) is 17.6 Å². The summed E-state index contributed by atoms with van der Waals surface area (Å²) >= 11 is 3.57. The third-order valence-electron chi connectivity index (χ3n) is 4.10. The first-order chi connectivity index (χ1) is 10.1. The van der Waals surface area contributed by atoms with Crippen molar-refractivity contribution in [3.63, 3.8) is 0 Å². The van der Waals surface area contributed by atoms with Crippen molar-refractivity contribution in [2.75, 3.05) is 16.8 Å². The second kappa shape index (κ2) is 4.58. The van der Waals surface area contributed by atoms with Gasteiger partial charge in [-0.2, -0.15) is 0 Å². The second-order valence-electron chi connectivity index (χ2n) is 5.31. The minimum Gasteiger partial charge on any atom is -0.378 e. The number of aliphatic hydroxyl groups is 1. The number of hydrogen-bond donors (Lipinski definition) is 2. The van der Waals surface area contributed by atoms with Gasteiger partial charge in [0, 0.05) is 28.0 Å². The minimum atomic E-state index is -1.07. The van der Waals surface area contributed by atoms with Crippen molar-refractivity contribution >= 4 is 38.9 Å². The Labute approximate surface area is 130 Å². The van der Waals surface area contributed by atoms with E-state index < -0.39 is 6.10 Å².